The van der Waals surface area contributed by atoms with Gasteiger partial charge in [0.1, 0.15) is 0 Å². The van der Waals surface area contributed by atoms with Crippen LogP contribution in [-0.4, -0.2) is 11.8 Å². The van der Waals surface area contributed by atoms with Crippen LogP contribution in [0.5, 0.6) is 0 Å². The van der Waals surface area contributed by atoms with Gasteiger partial charge in [-0.3, -0.25) is 9.59 Å². The van der Waals surface area contributed by atoms with Crippen molar-refractivity contribution in [1.82, 2.24) is 5.32 Å². The van der Waals surface area contributed by atoms with E-state index in [0.29, 0.717) is 27.8 Å². The minimum Gasteiger partial charge on any atom is -0.459 e. The van der Waals surface area contributed by atoms with Crippen molar-refractivity contribution in [2.45, 2.75) is 6.54 Å². The van der Waals surface area contributed by atoms with Gasteiger partial charge in [0.15, 0.2) is 5.76 Å². The lowest BCUT2D eigenvalue weighted by molar-refractivity contribution is -0.116. The molecule has 2 N–H and O–H groups in total. The number of anilines is 1. The number of benzene rings is 2. The zero-order valence-electron chi connectivity index (χ0n) is 14.6. The van der Waals surface area contributed by atoms with Crippen LogP contribution in [0.2, 0.25) is 10.0 Å². The summed E-state index contributed by atoms with van der Waals surface area (Å²) < 4.78 is 5.06. The molecular weight excluding hydrogens is 399 g/mol. The monoisotopic (exact) mass is 414 g/mol. The zero-order chi connectivity index (χ0) is 19.9. The number of nitrogens with one attached hydrogen (secondary N) is 2. The van der Waals surface area contributed by atoms with E-state index in [2.05, 4.69) is 10.6 Å². The molecule has 0 radical (unpaired) electrons. The van der Waals surface area contributed by atoms with Crippen molar-refractivity contribution in [1.29, 1.82) is 0 Å². The summed E-state index contributed by atoms with van der Waals surface area (Å²) in [5, 5.41) is 6.45. The number of carbonyl (C=O) groups excluding carboxylic acids is 2. The summed E-state index contributed by atoms with van der Waals surface area (Å²) >= 11 is 12.1. The number of carbonyl (C=O) groups is 2. The molecule has 0 unspecified atom stereocenters. The minimum absolute atomic E-state index is 0.224. The Labute approximate surface area is 172 Å². The van der Waals surface area contributed by atoms with E-state index < -0.39 is 0 Å². The molecule has 28 heavy (non-hydrogen) atoms. The highest BCUT2D eigenvalue weighted by molar-refractivity contribution is 6.37. The van der Waals surface area contributed by atoms with Gasteiger partial charge in [-0.1, -0.05) is 41.4 Å². The third-order valence-electron chi connectivity index (χ3n) is 3.80. The maximum Gasteiger partial charge on any atom is 0.291 e. The molecule has 3 aromatic rings. The van der Waals surface area contributed by atoms with Gasteiger partial charge >= 0.3 is 0 Å². The first-order valence-electron chi connectivity index (χ1n) is 8.36. The summed E-state index contributed by atoms with van der Waals surface area (Å²) in [6, 6.07) is 15.5. The normalized spacial score (nSPS) is 10.8. The van der Waals surface area contributed by atoms with Crippen molar-refractivity contribution in [3.05, 3.63) is 93.9 Å². The Balaban J connectivity index is 1.58. The Morgan fingerprint density at radius 1 is 1.00 bits per heavy atom. The van der Waals surface area contributed by atoms with Gasteiger partial charge in [0.05, 0.1) is 6.26 Å². The van der Waals surface area contributed by atoms with Gasteiger partial charge in [0.25, 0.3) is 5.91 Å². The molecule has 0 bridgehead atoms. The van der Waals surface area contributed by atoms with Crippen molar-refractivity contribution in [3.8, 4) is 0 Å². The second-order valence-corrected chi connectivity index (χ2v) is 6.63. The summed E-state index contributed by atoms with van der Waals surface area (Å²) in [4.78, 5) is 24.1. The smallest absolute Gasteiger partial charge is 0.291 e. The van der Waals surface area contributed by atoms with E-state index in [1.54, 1.807) is 54.6 Å². The number of hydrogen-bond donors (Lipinski definition) is 2. The van der Waals surface area contributed by atoms with Crippen molar-refractivity contribution in [2.24, 2.45) is 0 Å². The first-order chi connectivity index (χ1) is 13.5. The Hall–Kier alpha value is -3.02. The predicted molar refractivity (Wildman–Crippen MR) is 110 cm³/mol. The molecule has 1 heterocycles. The van der Waals surface area contributed by atoms with Crippen LogP contribution in [0.25, 0.3) is 6.08 Å². The average molecular weight is 415 g/mol. The maximum atomic E-state index is 12.1. The van der Waals surface area contributed by atoms with Gasteiger partial charge < -0.3 is 15.1 Å². The molecule has 2 aromatic carbocycles. The first kappa shape index (κ1) is 19.7. The molecular formula is C21H16Cl2N2O3. The Kier molecular flexibility index (Phi) is 6.53. The lowest BCUT2D eigenvalue weighted by Crippen LogP contribution is -2.20. The third-order valence-corrected chi connectivity index (χ3v) is 4.46. The molecule has 142 valence electrons. The standard InChI is InChI=1S/C21H16Cl2N2O3/c22-17-6-2-7-18(23)16(17)9-10-20(26)24-13-14-4-1-5-15(12-14)25-21(27)19-8-3-11-28-19/h1-12H,13H2,(H,24,26)(H,25,27)/b10-9+. The van der Waals surface area contributed by atoms with Crippen molar-refractivity contribution >= 4 is 46.8 Å². The van der Waals surface area contributed by atoms with E-state index in [1.807, 2.05) is 6.07 Å². The molecule has 0 aliphatic carbocycles. The molecule has 0 aliphatic rings. The van der Waals surface area contributed by atoms with Crippen LogP contribution < -0.4 is 10.6 Å². The van der Waals surface area contributed by atoms with Crippen LogP contribution in [-0.2, 0) is 11.3 Å². The van der Waals surface area contributed by atoms with Crippen molar-refractivity contribution < 1.29 is 14.0 Å². The lowest BCUT2D eigenvalue weighted by atomic mass is 10.2. The second-order valence-electron chi connectivity index (χ2n) is 5.82. The van der Waals surface area contributed by atoms with Crippen molar-refractivity contribution in [3.63, 3.8) is 0 Å². The summed E-state index contributed by atoms with van der Waals surface area (Å²) in [6.45, 7) is 0.296. The molecule has 2 amide bonds. The fraction of sp³-hybridized carbons (Fsp3) is 0.0476. The van der Waals surface area contributed by atoms with E-state index in [-0.39, 0.29) is 17.6 Å². The summed E-state index contributed by atoms with van der Waals surface area (Å²) in [5.41, 5.74) is 2.02. The van der Waals surface area contributed by atoms with Crippen LogP contribution in [0.3, 0.4) is 0 Å². The van der Waals surface area contributed by atoms with Crippen LogP contribution in [0, 0.1) is 0 Å². The SMILES string of the molecule is O=C(/C=C/c1c(Cl)cccc1Cl)NCc1cccc(NC(=O)c2ccco2)c1. The van der Waals surface area contributed by atoms with Crippen LogP contribution in [0.4, 0.5) is 5.69 Å². The van der Waals surface area contributed by atoms with Gasteiger partial charge in [-0.15, -0.1) is 0 Å². The van der Waals surface area contributed by atoms with E-state index in [0.717, 1.165) is 5.56 Å². The highest BCUT2D eigenvalue weighted by Crippen LogP contribution is 2.25. The highest BCUT2D eigenvalue weighted by Gasteiger charge is 2.09. The zero-order valence-corrected chi connectivity index (χ0v) is 16.1. The summed E-state index contributed by atoms with van der Waals surface area (Å²) in [5.74, 6) is -0.408. The van der Waals surface area contributed by atoms with E-state index in [4.69, 9.17) is 27.6 Å². The van der Waals surface area contributed by atoms with Crippen molar-refractivity contribution in [2.75, 3.05) is 5.32 Å². The topological polar surface area (TPSA) is 71.3 Å². The van der Waals surface area contributed by atoms with Gasteiger partial charge in [-0.2, -0.15) is 0 Å². The van der Waals surface area contributed by atoms with Gasteiger partial charge in [-0.25, -0.2) is 0 Å². The Bertz CT molecular complexity index is 994. The molecule has 0 spiro atoms. The summed E-state index contributed by atoms with van der Waals surface area (Å²) in [6.07, 6.45) is 4.37. The minimum atomic E-state index is -0.342. The number of amides is 2. The number of rotatable bonds is 6. The summed E-state index contributed by atoms with van der Waals surface area (Å²) in [7, 11) is 0. The number of hydrogen-bond acceptors (Lipinski definition) is 3. The molecule has 5 nitrogen and oxygen atoms in total. The quantitative estimate of drug-likeness (QED) is 0.546. The Morgan fingerprint density at radius 3 is 2.46 bits per heavy atom. The van der Waals surface area contributed by atoms with E-state index in [1.165, 1.54) is 12.3 Å². The average Bonchev–Trinajstić information content (AvgIpc) is 3.21. The fourth-order valence-corrected chi connectivity index (χ4v) is 2.96. The van der Waals surface area contributed by atoms with Gasteiger partial charge in [0.2, 0.25) is 5.91 Å². The van der Waals surface area contributed by atoms with Crippen LogP contribution in [0.1, 0.15) is 21.7 Å². The van der Waals surface area contributed by atoms with Crippen LogP contribution >= 0.6 is 23.2 Å². The maximum absolute atomic E-state index is 12.1. The van der Waals surface area contributed by atoms with Gasteiger partial charge in [-0.05, 0) is 48.0 Å². The van der Waals surface area contributed by atoms with Crippen LogP contribution in [0.15, 0.2) is 71.4 Å². The molecule has 0 saturated carbocycles. The highest BCUT2D eigenvalue weighted by atomic mass is 35.5. The second kappa shape index (κ2) is 9.26. The number of halogens is 2. The van der Waals surface area contributed by atoms with E-state index >= 15 is 0 Å². The molecule has 7 heteroatoms. The third kappa shape index (κ3) is 5.25. The van der Waals surface area contributed by atoms with E-state index in [9.17, 15) is 9.59 Å². The fourth-order valence-electron chi connectivity index (χ4n) is 2.44. The molecule has 1 aromatic heterocycles. The first-order valence-corrected chi connectivity index (χ1v) is 9.12. The number of furan rings is 1. The predicted octanol–water partition coefficient (Wildman–Crippen LogP) is 5.17. The molecule has 0 atom stereocenters. The molecule has 0 saturated heterocycles. The molecule has 3 rings (SSSR count). The lowest BCUT2D eigenvalue weighted by Gasteiger charge is -2.07. The Morgan fingerprint density at radius 2 is 1.75 bits per heavy atom. The largest absolute Gasteiger partial charge is 0.459 e. The van der Waals surface area contributed by atoms with Gasteiger partial charge in [0, 0.05) is 33.9 Å². The molecule has 0 aliphatic heterocycles. The molecule has 0 fully saturated rings.